The first-order chi connectivity index (χ1) is 8.93. The molecule has 0 spiro atoms. The Morgan fingerprint density at radius 2 is 2.05 bits per heavy atom. The fraction of sp³-hybridized carbons (Fsp3) is 0.500. The highest BCUT2D eigenvalue weighted by Crippen LogP contribution is 2.31. The van der Waals surface area contributed by atoms with Crippen LogP contribution in [0.2, 0.25) is 0 Å². The van der Waals surface area contributed by atoms with Crippen molar-refractivity contribution >= 4 is 5.97 Å². The Morgan fingerprint density at radius 3 is 2.68 bits per heavy atom. The second-order valence-electron chi connectivity index (χ2n) is 5.28. The summed E-state index contributed by atoms with van der Waals surface area (Å²) in [5, 5.41) is 28.2. The van der Waals surface area contributed by atoms with E-state index < -0.39 is 11.5 Å². The number of aliphatic carboxylic acids is 1. The lowest BCUT2D eigenvalue weighted by Gasteiger charge is -2.41. The summed E-state index contributed by atoms with van der Waals surface area (Å²) < 4.78 is 0. The molecule has 0 aromatic heterocycles. The van der Waals surface area contributed by atoms with Crippen LogP contribution in [0.3, 0.4) is 0 Å². The average molecular weight is 265 g/mol. The lowest BCUT2D eigenvalue weighted by Crippen LogP contribution is -2.54. The van der Waals surface area contributed by atoms with E-state index in [9.17, 15) is 20.1 Å². The molecule has 104 valence electrons. The van der Waals surface area contributed by atoms with Gasteiger partial charge in [-0.15, -0.1) is 0 Å². The fourth-order valence-electron chi connectivity index (χ4n) is 2.56. The summed E-state index contributed by atoms with van der Waals surface area (Å²) in [4.78, 5) is 13.4. The van der Waals surface area contributed by atoms with E-state index in [0.717, 1.165) is 24.9 Å². The van der Waals surface area contributed by atoms with E-state index >= 15 is 0 Å². The molecule has 5 heteroatoms. The summed E-state index contributed by atoms with van der Waals surface area (Å²) in [7, 11) is 0. The van der Waals surface area contributed by atoms with Gasteiger partial charge in [-0.1, -0.05) is 6.07 Å². The number of carboxylic acids is 1. The van der Waals surface area contributed by atoms with Gasteiger partial charge in [0.2, 0.25) is 0 Å². The highest BCUT2D eigenvalue weighted by molar-refractivity contribution is 5.78. The van der Waals surface area contributed by atoms with Gasteiger partial charge in [-0.05, 0) is 50.4 Å². The van der Waals surface area contributed by atoms with Crippen LogP contribution in [0.15, 0.2) is 18.2 Å². The van der Waals surface area contributed by atoms with Crippen LogP contribution < -0.4 is 0 Å². The first-order valence-electron chi connectivity index (χ1n) is 6.43. The smallest absolute Gasteiger partial charge is 0.323 e. The highest BCUT2D eigenvalue weighted by atomic mass is 16.4. The molecule has 1 atom stereocenters. The number of aromatic hydroxyl groups is 2. The van der Waals surface area contributed by atoms with Crippen molar-refractivity contribution in [3.8, 4) is 11.5 Å². The number of rotatable bonds is 3. The Bertz CT molecular complexity index is 488. The Hall–Kier alpha value is -1.75. The fourth-order valence-corrected chi connectivity index (χ4v) is 2.56. The maximum absolute atomic E-state index is 11.5. The normalized spacial score (nSPS) is 24.3. The van der Waals surface area contributed by atoms with E-state index in [1.165, 1.54) is 12.1 Å². The van der Waals surface area contributed by atoms with Gasteiger partial charge in [0.1, 0.15) is 5.54 Å². The van der Waals surface area contributed by atoms with Gasteiger partial charge in [-0.25, -0.2) is 0 Å². The van der Waals surface area contributed by atoms with Gasteiger partial charge in [0.15, 0.2) is 11.5 Å². The van der Waals surface area contributed by atoms with Crippen molar-refractivity contribution in [2.24, 2.45) is 0 Å². The Morgan fingerprint density at radius 1 is 1.32 bits per heavy atom. The number of phenolic OH excluding ortho intramolecular Hbond substituents is 2. The molecular weight excluding hydrogens is 246 g/mol. The molecule has 2 rings (SSSR count). The number of nitrogens with zero attached hydrogens (tertiary/aromatic N) is 1. The lowest BCUT2D eigenvalue weighted by atomic mass is 9.88. The molecule has 1 aliphatic rings. The third kappa shape index (κ3) is 2.66. The molecule has 0 aliphatic carbocycles. The van der Waals surface area contributed by atoms with Crippen LogP contribution in [0.25, 0.3) is 0 Å². The molecule has 1 saturated heterocycles. The van der Waals surface area contributed by atoms with E-state index in [1.807, 2.05) is 4.90 Å². The van der Waals surface area contributed by atoms with Gasteiger partial charge in [0.05, 0.1) is 0 Å². The number of carboxylic acid groups (broad SMARTS) is 1. The van der Waals surface area contributed by atoms with Gasteiger partial charge in [0, 0.05) is 6.54 Å². The van der Waals surface area contributed by atoms with Gasteiger partial charge < -0.3 is 15.3 Å². The zero-order valence-electron chi connectivity index (χ0n) is 11.0. The number of phenols is 2. The van der Waals surface area contributed by atoms with Crippen molar-refractivity contribution in [1.29, 1.82) is 0 Å². The topological polar surface area (TPSA) is 81.0 Å². The first kappa shape index (κ1) is 13.7. The minimum atomic E-state index is -0.855. The van der Waals surface area contributed by atoms with Crippen molar-refractivity contribution < 1.29 is 20.1 Å². The number of carbonyl (C=O) groups is 1. The van der Waals surface area contributed by atoms with Crippen molar-refractivity contribution in [3.05, 3.63) is 23.8 Å². The van der Waals surface area contributed by atoms with Crippen LogP contribution in [0.5, 0.6) is 11.5 Å². The van der Waals surface area contributed by atoms with Crippen molar-refractivity contribution in [2.75, 3.05) is 6.54 Å². The van der Waals surface area contributed by atoms with E-state index in [-0.39, 0.29) is 11.5 Å². The number of hydrogen-bond donors (Lipinski definition) is 3. The standard InChI is InChI=1S/C14H19NO4/c1-14(13(18)19)6-2-3-7-15(14)9-10-4-5-11(16)12(17)8-10/h4-5,8,16-17H,2-3,6-7,9H2,1H3,(H,18,19). The van der Waals surface area contributed by atoms with E-state index in [4.69, 9.17) is 0 Å². The molecule has 1 heterocycles. The molecular formula is C14H19NO4. The summed E-state index contributed by atoms with van der Waals surface area (Å²) in [6, 6.07) is 4.60. The van der Waals surface area contributed by atoms with Crippen molar-refractivity contribution in [3.63, 3.8) is 0 Å². The predicted octanol–water partition coefficient (Wildman–Crippen LogP) is 1.93. The number of likely N-dealkylation sites (tertiary alicyclic amines) is 1. The Balaban J connectivity index is 2.20. The third-order valence-corrected chi connectivity index (χ3v) is 3.91. The third-order valence-electron chi connectivity index (χ3n) is 3.91. The number of hydrogen-bond acceptors (Lipinski definition) is 4. The van der Waals surface area contributed by atoms with Crippen LogP contribution in [-0.4, -0.2) is 38.3 Å². The molecule has 0 saturated carbocycles. The molecule has 0 bridgehead atoms. The molecule has 19 heavy (non-hydrogen) atoms. The second kappa shape index (κ2) is 5.09. The van der Waals surface area contributed by atoms with Crippen LogP contribution in [0, 0.1) is 0 Å². The SMILES string of the molecule is CC1(C(=O)O)CCCCN1Cc1ccc(O)c(O)c1. The summed E-state index contributed by atoms with van der Waals surface area (Å²) in [5.74, 6) is -1.15. The maximum Gasteiger partial charge on any atom is 0.323 e. The number of benzene rings is 1. The molecule has 0 radical (unpaired) electrons. The first-order valence-corrected chi connectivity index (χ1v) is 6.43. The molecule has 1 fully saturated rings. The summed E-state index contributed by atoms with van der Waals surface area (Å²) >= 11 is 0. The average Bonchev–Trinajstić information content (AvgIpc) is 2.36. The lowest BCUT2D eigenvalue weighted by molar-refractivity contribution is -0.153. The Kier molecular flexibility index (Phi) is 3.66. The minimum Gasteiger partial charge on any atom is -0.504 e. The van der Waals surface area contributed by atoms with E-state index in [0.29, 0.717) is 13.0 Å². The Labute approximate surface area is 112 Å². The second-order valence-corrected chi connectivity index (χ2v) is 5.28. The molecule has 1 aromatic carbocycles. The predicted molar refractivity (Wildman–Crippen MR) is 70.1 cm³/mol. The largest absolute Gasteiger partial charge is 0.504 e. The zero-order valence-corrected chi connectivity index (χ0v) is 11.0. The summed E-state index contributed by atoms with van der Waals surface area (Å²) in [5.41, 5.74) is -0.0594. The minimum absolute atomic E-state index is 0.164. The van der Waals surface area contributed by atoms with Gasteiger partial charge in [-0.2, -0.15) is 0 Å². The van der Waals surface area contributed by atoms with Crippen LogP contribution >= 0.6 is 0 Å². The molecule has 3 N–H and O–H groups in total. The summed E-state index contributed by atoms with van der Waals surface area (Å²) in [6.45, 7) is 2.93. The quantitative estimate of drug-likeness (QED) is 0.727. The monoisotopic (exact) mass is 265 g/mol. The maximum atomic E-state index is 11.5. The van der Waals surface area contributed by atoms with Crippen LogP contribution in [0.1, 0.15) is 31.7 Å². The molecule has 1 aliphatic heterocycles. The number of piperidine rings is 1. The van der Waals surface area contributed by atoms with Crippen LogP contribution in [-0.2, 0) is 11.3 Å². The van der Waals surface area contributed by atoms with Gasteiger partial charge >= 0.3 is 5.97 Å². The van der Waals surface area contributed by atoms with E-state index in [2.05, 4.69) is 0 Å². The molecule has 1 unspecified atom stereocenters. The van der Waals surface area contributed by atoms with E-state index in [1.54, 1.807) is 13.0 Å². The van der Waals surface area contributed by atoms with Crippen LogP contribution in [0.4, 0.5) is 0 Å². The van der Waals surface area contributed by atoms with Crippen molar-refractivity contribution in [2.45, 2.75) is 38.3 Å². The summed E-state index contributed by atoms with van der Waals surface area (Å²) in [6.07, 6.45) is 2.53. The van der Waals surface area contributed by atoms with Gasteiger partial charge in [-0.3, -0.25) is 9.69 Å². The molecule has 0 amide bonds. The van der Waals surface area contributed by atoms with Crippen molar-refractivity contribution in [1.82, 2.24) is 4.90 Å². The molecule has 1 aromatic rings. The highest BCUT2D eigenvalue weighted by Gasteiger charge is 2.41. The molecule has 5 nitrogen and oxygen atoms in total. The van der Waals surface area contributed by atoms with Gasteiger partial charge in [0.25, 0.3) is 0 Å². The zero-order chi connectivity index (χ0) is 14.0.